The van der Waals surface area contributed by atoms with Crippen molar-refractivity contribution < 1.29 is 0 Å². The zero-order chi connectivity index (χ0) is 12.1. The Labute approximate surface area is 102 Å². The molecule has 3 nitrogen and oxygen atoms in total. The van der Waals surface area contributed by atoms with Crippen LogP contribution in [0.3, 0.4) is 0 Å². The molecule has 1 aromatic heterocycles. The highest BCUT2D eigenvalue weighted by Crippen LogP contribution is 2.14. The van der Waals surface area contributed by atoms with Crippen molar-refractivity contribution in [2.45, 2.75) is 32.7 Å². The summed E-state index contributed by atoms with van der Waals surface area (Å²) in [5.41, 5.74) is 9.09. The first kappa shape index (κ1) is 11.9. The van der Waals surface area contributed by atoms with Crippen molar-refractivity contribution in [2.24, 2.45) is 5.73 Å². The lowest BCUT2D eigenvalue weighted by molar-refractivity contribution is 0.749. The van der Waals surface area contributed by atoms with Gasteiger partial charge >= 0.3 is 0 Å². The van der Waals surface area contributed by atoms with Crippen molar-refractivity contribution in [3.63, 3.8) is 0 Å². The Bertz CT molecular complexity index is 474. The molecule has 0 spiro atoms. The van der Waals surface area contributed by atoms with Crippen molar-refractivity contribution in [3.05, 3.63) is 47.8 Å². The van der Waals surface area contributed by atoms with Gasteiger partial charge in [-0.3, -0.25) is 0 Å². The van der Waals surface area contributed by atoms with Crippen molar-refractivity contribution >= 4 is 0 Å². The molecule has 0 saturated heterocycles. The Morgan fingerprint density at radius 3 is 2.82 bits per heavy atom. The molecule has 0 fully saturated rings. The van der Waals surface area contributed by atoms with Gasteiger partial charge in [-0.15, -0.1) is 0 Å². The van der Waals surface area contributed by atoms with Gasteiger partial charge in [-0.05, 0) is 30.5 Å². The van der Waals surface area contributed by atoms with Gasteiger partial charge in [0.05, 0.1) is 11.4 Å². The molecule has 0 saturated carbocycles. The third kappa shape index (κ3) is 2.74. The van der Waals surface area contributed by atoms with Crippen molar-refractivity contribution in [1.82, 2.24) is 9.78 Å². The van der Waals surface area contributed by atoms with E-state index in [4.69, 9.17) is 5.73 Å². The molecule has 0 atom stereocenters. The Balaban J connectivity index is 2.24. The van der Waals surface area contributed by atoms with E-state index in [9.17, 15) is 0 Å². The molecule has 17 heavy (non-hydrogen) atoms. The summed E-state index contributed by atoms with van der Waals surface area (Å²) in [5, 5.41) is 4.59. The second-order valence-electron chi connectivity index (χ2n) is 4.19. The third-order valence-electron chi connectivity index (χ3n) is 2.89. The molecule has 2 aromatic rings. The van der Waals surface area contributed by atoms with Gasteiger partial charge < -0.3 is 5.73 Å². The number of hydrogen-bond donors (Lipinski definition) is 1. The first-order valence-corrected chi connectivity index (χ1v) is 6.18. The van der Waals surface area contributed by atoms with E-state index in [1.165, 1.54) is 12.8 Å². The smallest absolute Gasteiger partial charge is 0.0690 e. The van der Waals surface area contributed by atoms with E-state index in [0.717, 1.165) is 23.4 Å². The molecular formula is C14H19N3. The van der Waals surface area contributed by atoms with Gasteiger partial charge in [-0.25, -0.2) is 4.68 Å². The van der Waals surface area contributed by atoms with E-state index in [-0.39, 0.29) is 0 Å². The summed E-state index contributed by atoms with van der Waals surface area (Å²) in [6.45, 7) is 2.74. The summed E-state index contributed by atoms with van der Waals surface area (Å²) in [6, 6.07) is 10.2. The predicted molar refractivity (Wildman–Crippen MR) is 70.1 cm³/mol. The fraction of sp³-hybridized carbons (Fsp3) is 0.357. The van der Waals surface area contributed by atoms with E-state index in [1.54, 1.807) is 0 Å². The van der Waals surface area contributed by atoms with Crippen LogP contribution in [0.2, 0.25) is 0 Å². The number of para-hydroxylation sites is 1. The minimum Gasteiger partial charge on any atom is -0.326 e. The fourth-order valence-electron chi connectivity index (χ4n) is 1.89. The highest BCUT2D eigenvalue weighted by atomic mass is 15.3. The van der Waals surface area contributed by atoms with Crippen LogP contribution in [-0.2, 0) is 13.0 Å². The number of unbranched alkanes of at least 4 members (excludes halogenated alkanes) is 1. The van der Waals surface area contributed by atoms with Crippen molar-refractivity contribution in [2.75, 3.05) is 0 Å². The van der Waals surface area contributed by atoms with E-state index < -0.39 is 0 Å². The predicted octanol–water partition coefficient (Wildman–Crippen LogP) is 2.67. The lowest BCUT2D eigenvalue weighted by atomic mass is 10.2. The van der Waals surface area contributed by atoms with Crippen LogP contribution in [-0.4, -0.2) is 9.78 Å². The maximum absolute atomic E-state index is 5.73. The molecule has 3 heteroatoms. The summed E-state index contributed by atoms with van der Waals surface area (Å²) >= 11 is 0. The molecule has 2 rings (SSSR count). The van der Waals surface area contributed by atoms with Crippen LogP contribution in [0.4, 0.5) is 0 Å². The molecule has 1 heterocycles. The van der Waals surface area contributed by atoms with E-state index in [2.05, 4.69) is 24.2 Å². The molecule has 0 bridgehead atoms. The van der Waals surface area contributed by atoms with Crippen LogP contribution in [0.25, 0.3) is 5.69 Å². The van der Waals surface area contributed by atoms with E-state index >= 15 is 0 Å². The highest BCUT2D eigenvalue weighted by molar-refractivity contribution is 5.40. The van der Waals surface area contributed by atoms with Crippen LogP contribution in [0.1, 0.15) is 31.0 Å². The zero-order valence-electron chi connectivity index (χ0n) is 10.3. The van der Waals surface area contributed by atoms with Crippen LogP contribution >= 0.6 is 0 Å². The van der Waals surface area contributed by atoms with Gasteiger partial charge in [0.25, 0.3) is 0 Å². The topological polar surface area (TPSA) is 43.8 Å². The van der Waals surface area contributed by atoms with Crippen LogP contribution in [0, 0.1) is 0 Å². The molecule has 0 aliphatic heterocycles. The maximum atomic E-state index is 5.73. The first-order valence-electron chi connectivity index (χ1n) is 6.18. The molecule has 0 radical (unpaired) electrons. The Kier molecular flexibility index (Phi) is 3.94. The summed E-state index contributed by atoms with van der Waals surface area (Å²) in [6.07, 6.45) is 5.45. The molecule has 1 aromatic carbocycles. The van der Waals surface area contributed by atoms with E-state index in [1.807, 2.05) is 29.1 Å². The van der Waals surface area contributed by atoms with Gasteiger partial charge in [0.1, 0.15) is 0 Å². The third-order valence-corrected chi connectivity index (χ3v) is 2.89. The van der Waals surface area contributed by atoms with Gasteiger partial charge in [0, 0.05) is 12.7 Å². The van der Waals surface area contributed by atoms with Crippen LogP contribution in [0.5, 0.6) is 0 Å². The minimum absolute atomic E-state index is 0.542. The molecule has 0 unspecified atom stereocenters. The standard InChI is InChI=1S/C14H19N3/c1-2-3-7-13-9-10-17(16-13)14-8-5-4-6-12(14)11-15/h4-6,8-10H,2-3,7,11,15H2,1H3. The minimum atomic E-state index is 0.542. The molecule has 2 N–H and O–H groups in total. The second kappa shape index (κ2) is 5.64. The lowest BCUT2D eigenvalue weighted by Crippen LogP contribution is -2.05. The average Bonchev–Trinajstić information content (AvgIpc) is 2.85. The SMILES string of the molecule is CCCCc1ccn(-c2ccccc2CN)n1. The number of benzene rings is 1. The number of nitrogens with two attached hydrogens (primary N) is 1. The number of aryl methyl sites for hydroxylation is 1. The van der Waals surface area contributed by atoms with Crippen molar-refractivity contribution in [3.8, 4) is 5.69 Å². The zero-order valence-corrected chi connectivity index (χ0v) is 10.3. The summed E-state index contributed by atoms with van der Waals surface area (Å²) in [7, 11) is 0. The number of aromatic nitrogens is 2. The summed E-state index contributed by atoms with van der Waals surface area (Å²) in [4.78, 5) is 0. The highest BCUT2D eigenvalue weighted by Gasteiger charge is 2.04. The molecule has 0 amide bonds. The summed E-state index contributed by atoms with van der Waals surface area (Å²) in [5.74, 6) is 0. The van der Waals surface area contributed by atoms with Gasteiger partial charge in [-0.1, -0.05) is 31.5 Å². The number of nitrogens with zero attached hydrogens (tertiary/aromatic N) is 2. The quantitative estimate of drug-likeness (QED) is 0.856. The monoisotopic (exact) mass is 229 g/mol. The van der Waals surface area contributed by atoms with Crippen molar-refractivity contribution in [1.29, 1.82) is 0 Å². The Morgan fingerprint density at radius 1 is 1.24 bits per heavy atom. The molecule has 90 valence electrons. The van der Waals surface area contributed by atoms with Gasteiger partial charge in [-0.2, -0.15) is 5.10 Å². The lowest BCUT2D eigenvalue weighted by Gasteiger charge is -2.06. The normalized spacial score (nSPS) is 10.7. The summed E-state index contributed by atoms with van der Waals surface area (Å²) < 4.78 is 1.92. The number of hydrogen-bond acceptors (Lipinski definition) is 2. The van der Waals surface area contributed by atoms with Crippen LogP contribution in [0.15, 0.2) is 36.5 Å². The molecule has 0 aliphatic carbocycles. The Hall–Kier alpha value is -1.61. The second-order valence-corrected chi connectivity index (χ2v) is 4.19. The first-order chi connectivity index (χ1) is 8.35. The van der Waals surface area contributed by atoms with Crippen LogP contribution < -0.4 is 5.73 Å². The van der Waals surface area contributed by atoms with Gasteiger partial charge in [0.15, 0.2) is 0 Å². The van der Waals surface area contributed by atoms with Gasteiger partial charge in [0.2, 0.25) is 0 Å². The maximum Gasteiger partial charge on any atom is 0.0690 e. The van der Waals surface area contributed by atoms with E-state index in [0.29, 0.717) is 6.54 Å². The Morgan fingerprint density at radius 2 is 2.06 bits per heavy atom. The average molecular weight is 229 g/mol. The fourth-order valence-corrected chi connectivity index (χ4v) is 1.89. The molecular weight excluding hydrogens is 210 g/mol. The number of rotatable bonds is 5. The largest absolute Gasteiger partial charge is 0.326 e. The molecule has 0 aliphatic rings.